The normalized spacial score (nSPS) is 11.3. The summed E-state index contributed by atoms with van der Waals surface area (Å²) in [6.07, 6.45) is 0. The summed E-state index contributed by atoms with van der Waals surface area (Å²) in [6.45, 7) is 12.1. The summed E-state index contributed by atoms with van der Waals surface area (Å²) in [5, 5.41) is 7.96. The van der Waals surface area contributed by atoms with Gasteiger partial charge >= 0.3 is 0 Å². The summed E-state index contributed by atoms with van der Waals surface area (Å²) < 4.78 is 2.03. The predicted octanol–water partition coefficient (Wildman–Crippen LogP) is 2.75. The molecule has 2 aromatic heterocycles. The van der Waals surface area contributed by atoms with Gasteiger partial charge in [-0.25, -0.2) is 0 Å². The monoisotopic (exact) mass is 272 g/mol. The van der Waals surface area contributed by atoms with Gasteiger partial charge in [-0.2, -0.15) is 5.10 Å². The Hall–Kier alpha value is -1.68. The van der Waals surface area contributed by atoms with E-state index < -0.39 is 0 Å². The molecule has 2 aromatic rings. The first kappa shape index (κ1) is 14.7. The van der Waals surface area contributed by atoms with Gasteiger partial charge in [0.25, 0.3) is 0 Å². The fraction of sp³-hybridized carbons (Fsp3) is 0.500. The van der Waals surface area contributed by atoms with Crippen LogP contribution in [0.15, 0.2) is 18.2 Å². The van der Waals surface area contributed by atoms with Crippen LogP contribution < -0.4 is 5.32 Å². The molecule has 0 bridgehead atoms. The Morgan fingerprint density at radius 1 is 1.15 bits per heavy atom. The number of rotatable bonds is 5. The molecule has 0 amide bonds. The van der Waals surface area contributed by atoms with Crippen molar-refractivity contribution in [2.24, 2.45) is 0 Å². The first-order valence-corrected chi connectivity index (χ1v) is 7.16. The second kappa shape index (κ2) is 6.18. The molecular formula is C16H24N4. The third-order valence-corrected chi connectivity index (χ3v) is 3.61. The summed E-state index contributed by atoms with van der Waals surface area (Å²) in [4.78, 5) is 4.70. The van der Waals surface area contributed by atoms with Crippen molar-refractivity contribution in [2.45, 2.75) is 53.8 Å². The topological polar surface area (TPSA) is 42.7 Å². The van der Waals surface area contributed by atoms with Gasteiger partial charge in [-0.15, -0.1) is 0 Å². The van der Waals surface area contributed by atoms with Crippen LogP contribution in [0.4, 0.5) is 0 Å². The average Bonchev–Trinajstić information content (AvgIpc) is 2.65. The fourth-order valence-electron chi connectivity index (χ4n) is 2.12. The van der Waals surface area contributed by atoms with Crippen molar-refractivity contribution in [1.29, 1.82) is 0 Å². The summed E-state index contributed by atoms with van der Waals surface area (Å²) in [5.74, 6) is 0. The minimum absolute atomic E-state index is 0.471. The molecule has 108 valence electrons. The Kier molecular flexibility index (Phi) is 4.55. The van der Waals surface area contributed by atoms with Crippen molar-refractivity contribution in [3.8, 4) is 0 Å². The van der Waals surface area contributed by atoms with Gasteiger partial charge in [0.1, 0.15) is 0 Å². The van der Waals surface area contributed by atoms with E-state index in [1.165, 1.54) is 11.3 Å². The number of pyridine rings is 1. The molecule has 0 fully saturated rings. The average molecular weight is 272 g/mol. The van der Waals surface area contributed by atoms with Gasteiger partial charge in [0, 0.05) is 18.3 Å². The lowest BCUT2D eigenvalue weighted by Crippen LogP contribution is -2.22. The molecule has 0 atom stereocenters. The summed E-state index contributed by atoms with van der Waals surface area (Å²) in [6, 6.07) is 6.66. The maximum absolute atomic E-state index is 4.70. The Morgan fingerprint density at radius 3 is 2.45 bits per heavy atom. The third kappa shape index (κ3) is 3.45. The minimum atomic E-state index is 0.471. The Balaban J connectivity index is 2.13. The molecule has 0 aliphatic rings. The highest BCUT2D eigenvalue weighted by molar-refractivity contribution is 5.23. The molecule has 0 aliphatic carbocycles. The molecule has 0 radical (unpaired) electrons. The van der Waals surface area contributed by atoms with Crippen molar-refractivity contribution in [2.75, 3.05) is 0 Å². The van der Waals surface area contributed by atoms with Gasteiger partial charge in [0.05, 0.1) is 23.6 Å². The van der Waals surface area contributed by atoms with Gasteiger partial charge < -0.3 is 5.32 Å². The number of nitrogens with one attached hydrogen (secondary N) is 1. The zero-order valence-corrected chi connectivity index (χ0v) is 13.1. The van der Waals surface area contributed by atoms with Crippen LogP contribution in [0.2, 0.25) is 0 Å². The molecule has 20 heavy (non-hydrogen) atoms. The van der Waals surface area contributed by atoms with E-state index in [0.29, 0.717) is 6.04 Å². The standard InChI is InChI=1S/C16H24N4/c1-11(2)17-9-15-7-6-8-16(18-15)10-20-14(5)12(3)13(4)19-20/h6-8,11,17H,9-10H2,1-5H3. The van der Waals surface area contributed by atoms with Crippen LogP contribution in [0.1, 0.15) is 42.2 Å². The Morgan fingerprint density at radius 2 is 1.85 bits per heavy atom. The van der Waals surface area contributed by atoms with Gasteiger partial charge in [0.2, 0.25) is 0 Å². The highest BCUT2D eigenvalue weighted by Crippen LogP contribution is 2.12. The van der Waals surface area contributed by atoms with Crippen molar-refractivity contribution >= 4 is 0 Å². The van der Waals surface area contributed by atoms with Crippen LogP contribution >= 0.6 is 0 Å². The lowest BCUT2D eigenvalue weighted by atomic mass is 10.2. The van der Waals surface area contributed by atoms with Crippen LogP contribution in [-0.4, -0.2) is 20.8 Å². The molecular weight excluding hydrogens is 248 g/mol. The molecule has 0 aromatic carbocycles. The lowest BCUT2D eigenvalue weighted by molar-refractivity contribution is 0.577. The summed E-state index contributed by atoms with van der Waals surface area (Å²) in [5.41, 5.74) is 5.71. The van der Waals surface area contributed by atoms with Crippen LogP contribution in [0.5, 0.6) is 0 Å². The minimum Gasteiger partial charge on any atom is -0.309 e. The van der Waals surface area contributed by atoms with E-state index in [1.54, 1.807) is 0 Å². The quantitative estimate of drug-likeness (QED) is 0.910. The van der Waals surface area contributed by atoms with Gasteiger partial charge in [-0.3, -0.25) is 9.67 Å². The van der Waals surface area contributed by atoms with E-state index in [4.69, 9.17) is 4.98 Å². The molecule has 0 saturated carbocycles. The number of hydrogen-bond donors (Lipinski definition) is 1. The van der Waals surface area contributed by atoms with Gasteiger partial charge in [-0.1, -0.05) is 19.9 Å². The highest BCUT2D eigenvalue weighted by atomic mass is 15.3. The Bertz CT molecular complexity index is 584. The van der Waals surface area contributed by atoms with Crippen LogP contribution in [-0.2, 0) is 13.1 Å². The lowest BCUT2D eigenvalue weighted by Gasteiger charge is -2.09. The van der Waals surface area contributed by atoms with Crippen LogP contribution in [0, 0.1) is 20.8 Å². The predicted molar refractivity (Wildman–Crippen MR) is 81.8 cm³/mol. The summed E-state index contributed by atoms with van der Waals surface area (Å²) in [7, 11) is 0. The van der Waals surface area contributed by atoms with Gasteiger partial charge in [-0.05, 0) is 38.5 Å². The Labute approximate surface area is 121 Å². The van der Waals surface area contributed by atoms with E-state index in [-0.39, 0.29) is 0 Å². The van der Waals surface area contributed by atoms with Crippen LogP contribution in [0.3, 0.4) is 0 Å². The van der Waals surface area contributed by atoms with E-state index in [2.05, 4.69) is 63.2 Å². The molecule has 2 rings (SSSR count). The first-order chi connectivity index (χ1) is 9.47. The van der Waals surface area contributed by atoms with Crippen molar-refractivity contribution < 1.29 is 0 Å². The number of aryl methyl sites for hydroxylation is 1. The molecule has 4 heteroatoms. The second-order valence-electron chi connectivity index (χ2n) is 5.61. The maximum atomic E-state index is 4.70. The largest absolute Gasteiger partial charge is 0.309 e. The van der Waals surface area contributed by atoms with Crippen molar-refractivity contribution in [3.05, 3.63) is 46.5 Å². The molecule has 1 N–H and O–H groups in total. The van der Waals surface area contributed by atoms with Gasteiger partial charge in [0.15, 0.2) is 0 Å². The number of hydrogen-bond acceptors (Lipinski definition) is 3. The second-order valence-corrected chi connectivity index (χ2v) is 5.61. The maximum Gasteiger partial charge on any atom is 0.0834 e. The van der Waals surface area contributed by atoms with E-state index in [0.717, 1.165) is 30.2 Å². The molecule has 0 unspecified atom stereocenters. The van der Waals surface area contributed by atoms with Crippen molar-refractivity contribution in [3.63, 3.8) is 0 Å². The molecule has 0 aliphatic heterocycles. The van der Waals surface area contributed by atoms with Crippen LogP contribution in [0.25, 0.3) is 0 Å². The SMILES string of the molecule is Cc1nn(Cc2cccc(CNC(C)C)n2)c(C)c1C. The highest BCUT2D eigenvalue weighted by Gasteiger charge is 2.08. The molecule has 0 spiro atoms. The van der Waals surface area contributed by atoms with E-state index in [9.17, 15) is 0 Å². The zero-order chi connectivity index (χ0) is 14.7. The number of nitrogens with zero attached hydrogens (tertiary/aromatic N) is 3. The summed E-state index contributed by atoms with van der Waals surface area (Å²) >= 11 is 0. The number of aromatic nitrogens is 3. The first-order valence-electron chi connectivity index (χ1n) is 7.16. The molecule has 4 nitrogen and oxygen atoms in total. The third-order valence-electron chi connectivity index (χ3n) is 3.61. The van der Waals surface area contributed by atoms with E-state index in [1.807, 2.05) is 4.68 Å². The zero-order valence-electron chi connectivity index (χ0n) is 13.1. The van der Waals surface area contributed by atoms with Crippen molar-refractivity contribution in [1.82, 2.24) is 20.1 Å². The molecule has 0 saturated heterocycles. The fourth-order valence-corrected chi connectivity index (χ4v) is 2.12. The molecule has 2 heterocycles. The smallest absolute Gasteiger partial charge is 0.0834 e. The van der Waals surface area contributed by atoms with E-state index >= 15 is 0 Å².